The Kier molecular flexibility index (Phi) is 6.22. The quantitative estimate of drug-likeness (QED) is 0.651. The third-order valence-electron chi connectivity index (χ3n) is 3.91. The van der Waals surface area contributed by atoms with E-state index >= 15 is 0 Å². The number of halogens is 1. The average molecular weight is 383 g/mol. The lowest BCUT2D eigenvalue weighted by Crippen LogP contribution is -2.24. The summed E-state index contributed by atoms with van der Waals surface area (Å²) in [7, 11) is 1.63. The molecule has 0 bridgehead atoms. The van der Waals surface area contributed by atoms with Crippen molar-refractivity contribution in [3.05, 3.63) is 82.8 Å². The molecule has 0 aliphatic heterocycles. The molecule has 3 aromatic rings. The Balaban J connectivity index is 1.53. The third kappa shape index (κ3) is 5.18. The summed E-state index contributed by atoms with van der Waals surface area (Å²) in [6.45, 7) is 0.925. The summed E-state index contributed by atoms with van der Waals surface area (Å²) in [6, 6.07) is 15.1. The highest BCUT2D eigenvalue weighted by molar-refractivity contribution is 6.31. The van der Waals surface area contributed by atoms with Gasteiger partial charge in [-0.05, 0) is 29.3 Å². The Hall–Kier alpha value is -3.12. The fraction of sp³-hybridized carbons (Fsp3) is 0.150. The zero-order chi connectivity index (χ0) is 19.1. The smallest absolute Gasteiger partial charge is 0.271 e. The van der Waals surface area contributed by atoms with E-state index in [0.717, 1.165) is 16.9 Å². The maximum atomic E-state index is 12.2. The monoisotopic (exact) mass is 382 g/mol. The molecule has 0 atom stereocenters. The van der Waals surface area contributed by atoms with Gasteiger partial charge in [-0.1, -0.05) is 41.9 Å². The highest BCUT2D eigenvalue weighted by atomic mass is 35.5. The molecule has 1 amide bonds. The van der Waals surface area contributed by atoms with Crippen molar-refractivity contribution in [2.75, 3.05) is 12.4 Å². The number of hydrogen-bond donors (Lipinski definition) is 2. The predicted octanol–water partition coefficient (Wildman–Crippen LogP) is 3.68. The van der Waals surface area contributed by atoms with Crippen molar-refractivity contribution >= 4 is 23.3 Å². The Labute approximate surface area is 162 Å². The number of methoxy groups -OCH3 is 1. The number of anilines is 1. The van der Waals surface area contributed by atoms with E-state index in [2.05, 4.69) is 20.6 Å². The van der Waals surface area contributed by atoms with Gasteiger partial charge in [-0.3, -0.25) is 4.79 Å². The van der Waals surface area contributed by atoms with Gasteiger partial charge in [0.25, 0.3) is 5.91 Å². The van der Waals surface area contributed by atoms with Crippen LogP contribution in [0.2, 0.25) is 5.02 Å². The molecule has 0 unspecified atom stereocenters. The molecule has 27 heavy (non-hydrogen) atoms. The maximum absolute atomic E-state index is 12.2. The number of nitrogens with one attached hydrogen (secondary N) is 2. The molecule has 2 aromatic carbocycles. The Morgan fingerprint density at radius 3 is 2.48 bits per heavy atom. The summed E-state index contributed by atoms with van der Waals surface area (Å²) in [6.07, 6.45) is 2.98. The first-order valence-electron chi connectivity index (χ1n) is 8.36. The molecule has 3 rings (SSSR count). The van der Waals surface area contributed by atoms with Gasteiger partial charge in [-0.25, -0.2) is 9.97 Å². The molecule has 1 heterocycles. The van der Waals surface area contributed by atoms with E-state index in [0.29, 0.717) is 23.9 Å². The number of carbonyl (C=O) groups excluding carboxylic acids is 1. The van der Waals surface area contributed by atoms with Crippen LogP contribution in [0.3, 0.4) is 0 Å². The second-order valence-corrected chi connectivity index (χ2v) is 6.17. The second kappa shape index (κ2) is 9.00. The van der Waals surface area contributed by atoms with Crippen molar-refractivity contribution in [3.8, 4) is 5.75 Å². The van der Waals surface area contributed by atoms with Gasteiger partial charge in [0.05, 0.1) is 19.5 Å². The molecule has 0 spiro atoms. The fourth-order valence-electron chi connectivity index (χ4n) is 2.38. The van der Waals surface area contributed by atoms with Crippen molar-refractivity contribution in [2.24, 2.45) is 0 Å². The number of carbonyl (C=O) groups is 1. The molecule has 0 radical (unpaired) electrons. The van der Waals surface area contributed by atoms with E-state index in [1.54, 1.807) is 13.2 Å². The largest absolute Gasteiger partial charge is 0.497 e. The lowest BCUT2D eigenvalue weighted by Gasteiger charge is -2.08. The van der Waals surface area contributed by atoms with Crippen molar-refractivity contribution in [1.29, 1.82) is 0 Å². The molecular formula is C20H19ClN4O2. The summed E-state index contributed by atoms with van der Waals surface area (Å²) in [5.74, 6) is 1.10. The van der Waals surface area contributed by atoms with E-state index in [1.165, 1.54) is 12.4 Å². The average Bonchev–Trinajstić information content (AvgIpc) is 2.72. The van der Waals surface area contributed by atoms with Gasteiger partial charge in [-0.2, -0.15) is 0 Å². The summed E-state index contributed by atoms with van der Waals surface area (Å²) in [5.41, 5.74) is 2.18. The SMILES string of the molecule is COc1ccc(CNc2cnc(C(=O)NCc3ccccc3Cl)cn2)cc1. The maximum Gasteiger partial charge on any atom is 0.271 e. The van der Waals surface area contributed by atoms with Crippen LogP contribution in [-0.2, 0) is 13.1 Å². The highest BCUT2D eigenvalue weighted by Gasteiger charge is 2.09. The molecular weight excluding hydrogens is 364 g/mol. The molecule has 0 aliphatic rings. The molecule has 6 nitrogen and oxygen atoms in total. The molecule has 0 aliphatic carbocycles. The normalized spacial score (nSPS) is 10.3. The standard InChI is InChI=1S/C20H19ClN4O2/c1-27-16-8-6-14(7-9-16)10-23-19-13-22-18(12-24-19)20(26)25-11-15-4-2-3-5-17(15)21/h2-9,12-13H,10-11H2,1H3,(H,23,24)(H,25,26). The highest BCUT2D eigenvalue weighted by Crippen LogP contribution is 2.15. The van der Waals surface area contributed by atoms with Crippen molar-refractivity contribution in [1.82, 2.24) is 15.3 Å². The van der Waals surface area contributed by atoms with Crippen LogP contribution in [-0.4, -0.2) is 23.0 Å². The van der Waals surface area contributed by atoms with Gasteiger partial charge in [0.2, 0.25) is 0 Å². The summed E-state index contributed by atoms with van der Waals surface area (Å²) >= 11 is 6.08. The number of aromatic nitrogens is 2. The van der Waals surface area contributed by atoms with Crippen LogP contribution in [0.5, 0.6) is 5.75 Å². The minimum Gasteiger partial charge on any atom is -0.497 e. The Morgan fingerprint density at radius 2 is 1.81 bits per heavy atom. The van der Waals surface area contributed by atoms with Crippen LogP contribution in [0.15, 0.2) is 60.9 Å². The molecule has 0 fully saturated rings. The topological polar surface area (TPSA) is 76.1 Å². The van der Waals surface area contributed by atoms with E-state index in [9.17, 15) is 4.79 Å². The van der Waals surface area contributed by atoms with Crippen LogP contribution in [0.25, 0.3) is 0 Å². The summed E-state index contributed by atoms with van der Waals surface area (Å²) in [5, 5.41) is 6.57. The third-order valence-corrected chi connectivity index (χ3v) is 4.28. The number of ether oxygens (including phenoxy) is 1. The van der Waals surface area contributed by atoms with E-state index in [1.807, 2.05) is 42.5 Å². The molecule has 7 heteroatoms. The molecule has 0 saturated carbocycles. The molecule has 0 saturated heterocycles. The summed E-state index contributed by atoms with van der Waals surface area (Å²) < 4.78 is 5.13. The van der Waals surface area contributed by atoms with E-state index in [-0.39, 0.29) is 11.6 Å². The van der Waals surface area contributed by atoms with Crippen molar-refractivity contribution in [2.45, 2.75) is 13.1 Å². The van der Waals surface area contributed by atoms with Crippen molar-refractivity contribution in [3.63, 3.8) is 0 Å². The van der Waals surface area contributed by atoms with Crippen LogP contribution in [0.1, 0.15) is 21.6 Å². The van der Waals surface area contributed by atoms with Crippen LogP contribution in [0, 0.1) is 0 Å². The number of amides is 1. The van der Waals surface area contributed by atoms with Crippen molar-refractivity contribution < 1.29 is 9.53 Å². The number of benzene rings is 2. The zero-order valence-corrected chi connectivity index (χ0v) is 15.5. The Bertz CT molecular complexity index is 899. The van der Waals surface area contributed by atoms with Crippen LogP contribution < -0.4 is 15.4 Å². The minimum absolute atomic E-state index is 0.247. The number of nitrogens with zero attached hydrogens (tertiary/aromatic N) is 2. The van der Waals surface area contributed by atoms with E-state index < -0.39 is 0 Å². The van der Waals surface area contributed by atoms with Gasteiger partial charge in [0.1, 0.15) is 17.3 Å². The second-order valence-electron chi connectivity index (χ2n) is 5.76. The minimum atomic E-state index is -0.302. The van der Waals surface area contributed by atoms with Crippen LogP contribution in [0.4, 0.5) is 5.82 Å². The van der Waals surface area contributed by atoms with Crippen LogP contribution >= 0.6 is 11.6 Å². The van der Waals surface area contributed by atoms with Gasteiger partial charge >= 0.3 is 0 Å². The molecule has 2 N–H and O–H groups in total. The lowest BCUT2D eigenvalue weighted by atomic mass is 10.2. The van der Waals surface area contributed by atoms with Gasteiger partial charge in [-0.15, -0.1) is 0 Å². The molecule has 1 aromatic heterocycles. The predicted molar refractivity (Wildman–Crippen MR) is 105 cm³/mol. The molecule has 138 valence electrons. The first-order chi connectivity index (χ1) is 13.2. The zero-order valence-electron chi connectivity index (χ0n) is 14.8. The lowest BCUT2D eigenvalue weighted by molar-refractivity contribution is 0.0945. The number of hydrogen-bond acceptors (Lipinski definition) is 5. The first-order valence-corrected chi connectivity index (χ1v) is 8.74. The number of rotatable bonds is 7. The fourth-order valence-corrected chi connectivity index (χ4v) is 2.58. The Morgan fingerprint density at radius 1 is 1.04 bits per heavy atom. The van der Waals surface area contributed by atoms with Gasteiger partial charge < -0.3 is 15.4 Å². The first kappa shape index (κ1) is 18.7. The van der Waals surface area contributed by atoms with Gasteiger partial charge in [0.15, 0.2) is 0 Å². The van der Waals surface area contributed by atoms with Gasteiger partial charge in [0, 0.05) is 18.1 Å². The van der Waals surface area contributed by atoms with E-state index in [4.69, 9.17) is 16.3 Å². The summed E-state index contributed by atoms with van der Waals surface area (Å²) in [4.78, 5) is 20.6.